The molecule has 1 N–H and O–H groups in total. The predicted octanol–water partition coefficient (Wildman–Crippen LogP) is 0.191. The third-order valence-electron chi connectivity index (χ3n) is 1.94. The molecule has 0 fully saturated rings. The lowest BCUT2D eigenvalue weighted by molar-refractivity contribution is -0.164. The number of aromatic nitrogens is 2. The fourth-order valence-electron chi connectivity index (χ4n) is 1.06. The molecule has 1 aromatic heterocycles. The molecule has 5 nitrogen and oxygen atoms in total. The summed E-state index contributed by atoms with van der Waals surface area (Å²) in [5.74, 6) is -0.659. The van der Waals surface area contributed by atoms with Crippen LogP contribution in [0, 0.1) is 0 Å². The number of aliphatic hydroxyl groups is 1. The third-order valence-corrected chi connectivity index (χ3v) is 1.94. The molecule has 1 heterocycles. The fraction of sp³-hybridized carbons (Fsp3) is 0.556. The van der Waals surface area contributed by atoms with E-state index < -0.39 is 11.6 Å². The van der Waals surface area contributed by atoms with E-state index in [0.717, 1.165) is 0 Å². The highest BCUT2D eigenvalue weighted by Crippen LogP contribution is 2.21. The van der Waals surface area contributed by atoms with Crippen LogP contribution in [0.1, 0.15) is 19.4 Å². The van der Waals surface area contributed by atoms with Gasteiger partial charge in [-0.25, -0.2) is 4.79 Å². The zero-order valence-corrected chi connectivity index (χ0v) is 8.52. The van der Waals surface area contributed by atoms with Gasteiger partial charge in [-0.05, 0) is 13.8 Å². The van der Waals surface area contributed by atoms with Crippen LogP contribution in [0.15, 0.2) is 12.4 Å². The molecule has 0 spiro atoms. The van der Waals surface area contributed by atoms with Crippen molar-refractivity contribution in [2.45, 2.75) is 19.4 Å². The number of aryl methyl sites for hydroxylation is 1. The second kappa shape index (κ2) is 3.79. The molecule has 0 aliphatic rings. The molecule has 0 aliphatic carbocycles. The third kappa shape index (κ3) is 1.93. The first-order valence-corrected chi connectivity index (χ1v) is 4.37. The van der Waals surface area contributed by atoms with Gasteiger partial charge in [0.15, 0.2) is 5.60 Å². The van der Waals surface area contributed by atoms with E-state index in [1.807, 2.05) is 0 Å². The van der Waals surface area contributed by atoms with Gasteiger partial charge in [0.2, 0.25) is 0 Å². The van der Waals surface area contributed by atoms with E-state index in [1.54, 1.807) is 20.2 Å². The second-order valence-electron chi connectivity index (χ2n) is 3.20. The predicted molar refractivity (Wildman–Crippen MR) is 49.4 cm³/mol. The summed E-state index contributed by atoms with van der Waals surface area (Å²) in [7, 11) is 1.71. The van der Waals surface area contributed by atoms with Crippen molar-refractivity contribution in [1.82, 2.24) is 9.78 Å². The van der Waals surface area contributed by atoms with Gasteiger partial charge in [0.05, 0.1) is 12.8 Å². The Bertz CT molecular complexity index is 331. The van der Waals surface area contributed by atoms with Crippen LogP contribution >= 0.6 is 0 Å². The summed E-state index contributed by atoms with van der Waals surface area (Å²) < 4.78 is 6.26. The van der Waals surface area contributed by atoms with Gasteiger partial charge in [-0.3, -0.25) is 4.68 Å². The molecule has 14 heavy (non-hydrogen) atoms. The maximum absolute atomic E-state index is 11.4. The van der Waals surface area contributed by atoms with Gasteiger partial charge in [-0.2, -0.15) is 5.10 Å². The number of esters is 1. The molecule has 0 aromatic carbocycles. The Morgan fingerprint density at radius 3 is 2.86 bits per heavy atom. The van der Waals surface area contributed by atoms with Crippen molar-refractivity contribution in [3.05, 3.63) is 18.0 Å². The first kappa shape index (κ1) is 10.7. The summed E-state index contributed by atoms with van der Waals surface area (Å²) in [6.07, 6.45) is 3.02. The van der Waals surface area contributed by atoms with Crippen LogP contribution in [0.2, 0.25) is 0 Å². The Kier molecular flexibility index (Phi) is 2.90. The summed E-state index contributed by atoms with van der Waals surface area (Å²) in [5, 5.41) is 13.7. The molecule has 0 saturated heterocycles. The summed E-state index contributed by atoms with van der Waals surface area (Å²) in [4.78, 5) is 11.4. The number of rotatable bonds is 3. The average Bonchev–Trinajstić information content (AvgIpc) is 2.52. The van der Waals surface area contributed by atoms with E-state index in [9.17, 15) is 9.90 Å². The van der Waals surface area contributed by atoms with E-state index in [0.29, 0.717) is 5.56 Å². The highest BCUT2D eigenvalue weighted by molar-refractivity contribution is 5.80. The highest BCUT2D eigenvalue weighted by atomic mass is 16.5. The Labute approximate surface area is 82.3 Å². The van der Waals surface area contributed by atoms with E-state index in [1.165, 1.54) is 17.8 Å². The van der Waals surface area contributed by atoms with Crippen molar-refractivity contribution in [2.75, 3.05) is 6.61 Å². The van der Waals surface area contributed by atoms with Crippen LogP contribution in [0.5, 0.6) is 0 Å². The number of hydrogen-bond donors (Lipinski definition) is 1. The molecule has 0 amide bonds. The minimum absolute atomic E-state index is 0.245. The lowest BCUT2D eigenvalue weighted by Crippen LogP contribution is -2.33. The first-order valence-electron chi connectivity index (χ1n) is 4.37. The van der Waals surface area contributed by atoms with E-state index in [4.69, 9.17) is 4.74 Å². The Morgan fingerprint density at radius 2 is 2.43 bits per heavy atom. The standard InChI is InChI=1S/C9H14N2O3/c1-4-14-8(12)9(2,13)7-5-10-11(3)6-7/h5-6,13H,4H2,1-3H3. The largest absolute Gasteiger partial charge is 0.464 e. The number of carbonyl (C=O) groups is 1. The topological polar surface area (TPSA) is 64.3 Å². The van der Waals surface area contributed by atoms with Gasteiger partial charge in [0.25, 0.3) is 0 Å². The minimum Gasteiger partial charge on any atom is -0.464 e. The highest BCUT2D eigenvalue weighted by Gasteiger charge is 2.35. The smallest absolute Gasteiger partial charge is 0.342 e. The average molecular weight is 198 g/mol. The normalized spacial score (nSPS) is 14.9. The molecule has 0 saturated carbocycles. The molecule has 78 valence electrons. The molecule has 0 radical (unpaired) electrons. The molecule has 0 aliphatic heterocycles. The molecular formula is C9H14N2O3. The van der Waals surface area contributed by atoms with Crippen LogP contribution < -0.4 is 0 Å². The van der Waals surface area contributed by atoms with Crippen molar-refractivity contribution < 1.29 is 14.6 Å². The van der Waals surface area contributed by atoms with E-state index in [2.05, 4.69) is 5.10 Å². The van der Waals surface area contributed by atoms with Crippen LogP contribution in [0.3, 0.4) is 0 Å². The van der Waals surface area contributed by atoms with Gasteiger partial charge >= 0.3 is 5.97 Å². The van der Waals surface area contributed by atoms with E-state index >= 15 is 0 Å². The van der Waals surface area contributed by atoms with Gasteiger partial charge in [-0.1, -0.05) is 0 Å². The van der Waals surface area contributed by atoms with Gasteiger partial charge in [0, 0.05) is 18.8 Å². The summed E-state index contributed by atoms with van der Waals surface area (Å²) >= 11 is 0. The minimum atomic E-state index is -1.62. The lowest BCUT2D eigenvalue weighted by Gasteiger charge is -2.18. The Morgan fingerprint density at radius 1 is 1.79 bits per heavy atom. The molecule has 0 bridgehead atoms. The zero-order valence-electron chi connectivity index (χ0n) is 8.52. The number of carbonyl (C=O) groups excluding carboxylic acids is 1. The Balaban J connectivity index is 2.89. The van der Waals surface area contributed by atoms with Crippen molar-refractivity contribution in [3.8, 4) is 0 Å². The molecule has 1 unspecified atom stereocenters. The molecule has 5 heteroatoms. The summed E-state index contributed by atoms with van der Waals surface area (Å²) in [6, 6.07) is 0. The number of nitrogens with zero attached hydrogens (tertiary/aromatic N) is 2. The SMILES string of the molecule is CCOC(=O)C(C)(O)c1cnn(C)c1. The molecule has 1 atom stereocenters. The van der Waals surface area contributed by atoms with E-state index in [-0.39, 0.29) is 6.61 Å². The van der Waals surface area contributed by atoms with Crippen LogP contribution in [0.4, 0.5) is 0 Å². The lowest BCUT2D eigenvalue weighted by atomic mass is 10.0. The summed E-state index contributed by atoms with van der Waals surface area (Å²) in [5.41, 5.74) is -1.19. The Hall–Kier alpha value is -1.36. The van der Waals surface area contributed by atoms with Crippen molar-refractivity contribution >= 4 is 5.97 Å². The van der Waals surface area contributed by atoms with Crippen LogP contribution in [0.25, 0.3) is 0 Å². The maximum atomic E-state index is 11.4. The summed E-state index contributed by atoms with van der Waals surface area (Å²) in [6.45, 7) is 3.33. The van der Waals surface area contributed by atoms with Crippen molar-refractivity contribution in [3.63, 3.8) is 0 Å². The molecule has 1 rings (SSSR count). The van der Waals surface area contributed by atoms with Crippen molar-refractivity contribution in [1.29, 1.82) is 0 Å². The van der Waals surface area contributed by atoms with Gasteiger partial charge in [0.1, 0.15) is 0 Å². The van der Waals surface area contributed by atoms with Gasteiger partial charge in [-0.15, -0.1) is 0 Å². The monoisotopic (exact) mass is 198 g/mol. The molecular weight excluding hydrogens is 184 g/mol. The number of hydrogen-bond acceptors (Lipinski definition) is 4. The van der Waals surface area contributed by atoms with Crippen LogP contribution in [-0.2, 0) is 22.2 Å². The fourth-order valence-corrected chi connectivity index (χ4v) is 1.06. The quantitative estimate of drug-likeness (QED) is 0.704. The second-order valence-corrected chi connectivity index (χ2v) is 3.20. The van der Waals surface area contributed by atoms with Crippen LogP contribution in [-0.4, -0.2) is 27.5 Å². The maximum Gasteiger partial charge on any atom is 0.342 e. The zero-order chi connectivity index (χ0) is 10.8. The number of ether oxygens (including phenoxy) is 1. The first-order chi connectivity index (χ1) is 6.48. The van der Waals surface area contributed by atoms with Gasteiger partial charge < -0.3 is 9.84 Å². The van der Waals surface area contributed by atoms with Crippen molar-refractivity contribution in [2.24, 2.45) is 7.05 Å². The molecule has 1 aromatic rings.